The Bertz CT molecular complexity index is 2870. The summed E-state index contributed by atoms with van der Waals surface area (Å²) in [5.41, 5.74) is 14.8. The first-order chi connectivity index (χ1) is 25.3. The molecular formula is C49H34N2. The van der Waals surface area contributed by atoms with Crippen LogP contribution in [0.2, 0.25) is 0 Å². The molecule has 0 N–H and O–H groups in total. The fourth-order valence-corrected chi connectivity index (χ4v) is 8.07. The lowest BCUT2D eigenvalue weighted by Gasteiger charge is -2.14. The molecule has 0 radical (unpaired) electrons. The quantitative estimate of drug-likeness (QED) is 0.169. The monoisotopic (exact) mass is 650 g/mol. The highest BCUT2D eigenvalue weighted by Gasteiger charge is 2.18. The third-order valence-corrected chi connectivity index (χ3v) is 10.4. The Morgan fingerprint density at radius 1 is 0.314 bits per heavy atom. The number of fused-ring (bicyclic) bond motifs is 6. The maximum Gasteiger partial charge on any atom is 0.0541 e. The lowest BCUT2D eigenvalue weighted by Crippen LogP contribution is -2.01. The van der Waals surface area contributed by atoms with Gasteiger partial charge in [-0.25, -0.2) is 0 Å². The van der Waals surface area contributed by atoms with Crippen molar-refractivity contribution in [2.24, 2.45) is 0 Å². The molecular weight excluding hydrogens is 617 g/mol. The number of nitrogens with zero attached hydrogens (tertiary/aromatic N) is 2. The van der Waals surface area contributed by atoms with Gasteiger partial charge in [0.05, 0.1) is 16.7 Å². The summed E-state index contributed by atoms with van der Waals surface area (Å²) in [4.78, 5) is 0. The molecule has 0 saturated heterocycles. The fourth-order valence-electron chi connectivity index (χ4n) is 8.07. The van der Waals surface area contributed by atoms with Gasteiger partial charge in [0.25, 0.3) is 0 Å². The average Bonchev–Trinajstić information content (AvgIpc) is 3.70. The van der Waals surface area contributed by atoms with Gasteiger partial charge in [0.1, 0.15) is 0 Å². The molecule has 0 fully saturated rings. The summed E-state index contributed by atoms with van der Waals surface area (Å²) >= 11 is 0. The fraction of sp³-hybridized carbons (Fsp3) is 0.0204. The van der Waals surface area contributed by atoms with Crippen LogP contribution in [0.5, 0.6) is 0 Å². The molecule has 240 valence electrons. The lowest BCUT2D eigenvalue weighted by atomic mass is 9.99. The molecule has 0 amide bonds. The second-order valence-electron chi connectivity index (χ2n) is 13.3. The number of rotatable bonds is 6. The second-order valence-corrected chi connectivity index (χ2v) is 13.3. The van der Waals surface area contributed by atoms with Crippen LogP contribution in [0.25, 0.3) is 82.7 Å². The molecule has 2 heterocycles. The predicted octanol–water partition coefficient (Wildman–Crippen LogP) is 12.9. The number of hydrogen-bond acceptors (Lipinski definition) is 0. The van der Waals surface area contributed by atoms with Crippen molar-refractivity contribution in [2.75, 3.05) is 0 Å². The van der Waals surface area contributed by atoms with Gasteiger partial charge in [0.2, 0.25) is 0 Å². The van der Waals surface area contributed by atoms with Crippen LogP contribution in [0.3, 0.4) is 0 Å². The third-order valence-electron chi connectivity index (χ3n) is 10.4. The molecule has 0 aliphatic heterocycles. The zero-order chi connectivity index (χ0) is 33.7. The van der Waals surface area contributed by atoms with Crippen LogP contribution in [0.4, 0.5) is 0 Å². The van der Waals surface area contributed by atoms with E-state index >= 15 is 0 Å². The van der Waals surface area contributed by atoms with Crippen molar-refractivity contribution in [3.05, 3.63) is 200 Å². The van der Waals surface area contributed by atoms with Crippen molar-refractivity contribution < 1.29 is 0 Å². The number of benzene rings is 8. The van der Waals surface area contributed by atoms with Gasteiger partial charge in [-0.15, -0.1) is 0 Å². The minimum Gasteiger partial charge on any atom is -0.336 e. The normalized spacial score (nSPS) is 11.6. The molecule has 10 rings (SSSR count). The Morgan fingerprint density at radius 2 is 0.784 bits per heavy atom. The summed E-state index contributed by atoms with van der Waals surface area (Å²) in [6, 6.07) is 70.6. The van der Waals surface area contributed by atoms with Crippen molar-refractivity contribution >= 4 is 43.6 Å². The maximum absolute atomic E-state index is 2.48. The van der Waals surface area contributed by atoms with E-state index in [1.54, 1.807) is 0 Å². The van der Waals surface area contributed by atoms with Crippen molar-refractivity contribution in [1.29, 1.82) is 0 Å². The van der Waals surface area contributed by atoms with Crippen molar-refractivity contribution in [2.45, 2.75) is 6.54 Å². The average molecular weight is 651 g/mol. The molecule has 2 nitrogen and oxygen atoms in total. The van der Waals surface area contributed by atoms with Gasteiger partial charge in [-0.3, -0.25) is 0 Å². The largest absolute Gasteiger partial charge is 0.336 e. The Labute approximate surface area is 297 Å². The first-order valence-electron chi connectivity index (χ1n) is 17.6. The van der Waals surface area contributed by atoms with Crippen LogP contribution < -0.4 is 0 Å². The summed E-state index contributed by atoms with van der Waals surface area (Å²) in [6.45, 7) is 0.796. The van der Waals surface area contributed by atoms with E-state index in [0.717, 1.165) is 6.54 Å². The number of hydrogen-bond donors (Lipinski definition) is 0. The van der Waals surface area contributed by atoms with Crippen LogP contribution in [0, 0.1) is 0 Å². The molecule has 51 heavy (non-hydrogen) atoms. The van der Waals surface area contributed by atoms with E-state index in [2.05, 4.69) is 203 Å². The predicted molar refractivity (Wildman–Crippen MR) is 216 cm³/mol. The van der Waals surface area contributed by atoms with Gasteiger partial charge in [0.15, 0.2) is 0 Å². The molecule has 8 aromatic carbocycles. The highest BCUT2D eigenvalue weighted by Crippen LogP contribution is 2.39. The summed E-state index contributed by atoms with van der Waals surface area (Å²) in [6.07, 6.45) is 0. The summed E-state index contributed by atoms with van der Waals surface area (Å²) in [7, 11) is 0. The highest BCUT2D eigenvalue weighted by molar-refractivity contribution is 6.12. The van der Waals surface area contributed by atoms with Crippen molar-refractivity contribution in [3.63, 3.8) is 0 Å². The van der Waals surface area contributed by atoms with Gasteiger partial charge >= 0.3 is 0 Å². The Hall–Kier alpha value is -6.64. The molecule has 2 aromatic heterocycles. The van der Waals surface area contributed by atoms with Crippen molar-refractivity contribution in [3.8, 4) is 39.1 Å². The van der Waals surface area contributed by atoms with Gasteiger partial charge in [-0.2, -0.15) is 0 Å². The van der Waals surface area contributed by atoms with Crippen LogP contribution in [-0.4, -0.2) is 9.13 Å². The lowest BCUT2D eigenvalue weighted by molar-refractivity contribution is 0.871. The number of para-hydroxylation sites is 3. The van der Waals surface area contributed by atoms with E-state index < -0.39 is 0 Å². The van der Waals surface area contributed by atoms with E-state index in [1.807, 2.05) is 0 Å². The van der Waals surface area contributed by atoms with Crippen LogP contribution in [0.1, 0.15) is 5.56 Å². The molecule has 0 aliphatic carbocycles. The van der Waals surface area contributed by atoms with Crippen molar-refractivity contribution in [1.82, 2.24) is 9.13 Å². The molecule has 0 unspecified atom stereocenters. The summed E-state index contributed by atoms with van der Waals surface area (Å²) < 4.78 is 4.91. The maximum atomic E-state index is 2.48. The van der Waals surface area contributed by atoms with Gasteiger partial charge in [-0.05, 0) is 75.8 Å². The number of aromatic nitrogens is 2. The van der Waals surface area contributed by atoms with Gasteiger partial charge < -0.3 is 9.13 Å². The van der Waals surface area contributed by atoms with E-state index in [0.29, 0.717) is 0 Å². The topological polar surface area (TPSA) is 9.86 Å². The zero-order valence-electron chi connectivity index (χ0n) is 28.1. The van der Waals surface area contributed by atoms with Gasteiger partial charge in [0, 0.05) is 44.7 Å². The Balaban J connectivity index is 1.12. The minimum absolute atomic E-state index is 0.796. The molecule has 2 heteroatoms. The zero-order valence-corrected chi connectivity index (χ0v) is 28.1. The minimum atomic E-state index is 0.796. The highest BCUT2D eigenvalue weighted by atomic mass is 15.0. The standard InChI is InChI=1S/C49H34N2/c1-3-15-34(16-4-1)39-20-8-7-19-38(39)33-50-45-24-12-10-22-41(45)43-31-36(27-29-46(43)50)37-28-30-49-44(32-37)42-23-11-14-26-48(42)51(49)47-25-13-9-21-40(47)35-17-5-2-6-18-35/h1-32H,33H2. The Morgan fingerprint density at radius 3 is 1.51 bits per heavy atom. The SMILES string of the molecule is c1ccc(-c2ccccc2Cn2c3ccccc3c3cc(-c4ccc5c(c4)c4ccccc4n5-c4ccccc4-c4ccccc4)ccc32)cc1. The summed E-state index contributed by atoms with van der Waals surface area (Å²) in [5, 5.41) is 5.07. The van der Waals surface area contributed by atoms with E-state index in [1.165, 1.54) is 88.2 Å². The van der Waals surface area contributed by atoms with Crippen LogP contribution >= 0.6 is 0 Å². The molecule has 0 spiro atoms. The van der Waals surface area contributed by atoms with E-state index in [9.17, 15) is 0 Å². The second kappa shape index (κ2) is 12.0. The Kier molecular flexibility index (Phi) is 6.92. The molecule has 0 aliphatic rings. The first kappa shape index (κ1) is 29.3. The molecule has 0 atom stereocenters. The van der Waals surface area contributed by atoms with E-state index in [-0.39, 0.29) is 0 Å². The summed E-state index contributed by atoms with van der Waals surface area (Å²) in [5.74, 6) is 0. The van der Waals surface area contributed by atoms with E-state index in [4.69, 9.17) is 0 Å². The first-order valence-corrected chi connectivity index (χ1v) is 17.6. The van der Waals surface area contributed by atoms with Crippen LogP contribution in [-0.2, 0) is 6.54 Å². The molecule has 0 bridgehead atoms. The van der Waals surface area contributed by atoms with Gasteiger partial charge in [-0.1, -0.05) is 152 Å². The third kappa shape index (κ3) is 4.87. The smallest absolute Gasteiger partial charge is 0.0541 e. The van der Waals surface area contributed by atoms with Crippen LogP contribution in [0.15, 0.2) is 194 Å². The molecule has 0 saturated carbocycles. The molecule has 10 aromatic rings.